The number of para-hydroxylation sites is 3. The number of aromatic nitrogens is 1. The quantitative estimate of drug-likeness (QED) is 0.239. The molecule has 2 nitrogen and oxygen atoms in total. The summed E-state index contributed by atoms with van der Waals surface area (Å²) in [4.78, 5) is 0. The molecule has 1 aliphatic carbocycles. The smallest absolute Gasteiger partial charge is 0.145 e. The van der Waals surface area contributed by atoms with E-state index >= 15 is 0 Å². The highest BCUT2D eigenvalue weighted by atomic mass is 79.9. The van der Waals surface area contributed by atoms with Crippen LogP contribution in [-0.4, -0.2) is 4.57 Å². The van der Waals surface area contributed by atoms with Crippen LogP contribution in [0.3, 0.4) is 0 Å². The van der Waals surface area contributed by atoms with Crippen LogP contribution in [0, 0.1) is 12.1 Å². The number of halogens is 1. The third kappa shape index (κ3) is 2.74. The largest absolute Gasteiger partial charge is 0.455 e. The highest BCUT2D eigenvalue weighted by molar-refractivity contribution is 9.15. The minimum atomic E-state index is 0.918. The number of hydrogen-bond donors (Lipinski definition) is 0. The lowest BCUT2D eigenvalue weighted by atomic mass is 9.98. The molecule has 0 spiro atoms. The maximum atomic E-state index is 6.42. The Bertz CT molecular complexity index is 1720. The number of nitrogens with zero attached hydrogens (tertiary/aromatic N) is 1. The van der Waals surface area contributed by atoms with E-state index in [2.05, 4.69) is 118 Å². The van der Waals surface area contributed by atoms with Crippen molar-refractivity contribution in [3.05, 3.63) is 108 Å². The van der Waals surface area contributed by atoms with Crippen LogP contribution < -0.4 is 0 Å². The second kappa shape index (κ2) is 7.13. The number of furan rings is 1. The van der Waals surface area contributed by atoms with Crippen molar-refractivity contribution in [2.45, 2.75) is 12.8 Å². The van der Waals surface area contributed by atoms with Gasteiger partial charge in [0.2, 0.25) is 0 Å². The fourth-order valence-electron chi connectivity index (χ4n) is 5.09. The third-order valence-electron chi connectivity index (χ3n) is 6.57. The van der Waals surface area contributed by atoms with Crippen molar-refractivity contribution in [1.82, 2.24) is 4.57 Å². The summed E-state index contributed by atoms with van der Waals surface area (Å²) in [6.07, 6.45) is 4.21. The molecule has 0 bridgehead atoms. The van der Waals surface area contributed by atoms with Crippen LogP contribution in [0.2, 0.25) is 0 Å². The van der Waals surface area contributed by atoms with Crippen molar-refractivity contribution in [3.63, 3.8) is 0 Å². The Hall–Kier alpha value is -3.74. The van der Waals surface area contributed by atoms with Gasteiger partial charge in [0.05, 0.1) is 20.9 Å². The summed E-state index contributed by atoms with van der Waals surface area (Å²) in [5.41, 5.74) is 7.65. The summed E-state index contributed by atoms with van der Waals surface area (Å²) in [6, 6.07) is 34.5. The molecule has 0 fully saturated rings. The van der Waals surface area contributed by atoms with E-state index in [4.69, 9.17) is 4.42 Å². The molecule has 0 aliphatic heterocycles. The topological polar surface area (TPSA) is 18.1 Å². The van der Waals surface area contributed by atoms with Crippen LogP contribution in [0.25, 0.3) is 54.1 Å². The van der Waals surface area contributed by atoms with Crippen LogP contribution in [0.4, 0.5) is 0 Å². The van der Waals surface area contributed by atoms with Crippen LogP contribution in [0.1, 0.15) is 17.7 Å². The lowest BCUT2D eigenvalue weighted by molar-refractivity contribution is 0.595. The van der Waals surface area contributed by atoms with Gasteiger partial charge in [0, 0.05) is 33.2 Å². The Balaban J connectivity index is 1.53. The number of hydrogen-bond acceptors (Lipinski definition) is 1. The summed E-state index contributed by atoms with van der Waals surface area (Å²) in [5, 5.41) is 3.44. The molecule has 3 heteroatoms. The fourth-order valence-corrected chi connectivity index (χ4v) is 5.64. The van der Waals surface area contributed by atoms with Crippen molar-refractivity contribution in [1.29, 1.82) is 0 Å². The number of rotatable bonds is 2. The maximum absolute atomic E-state index is 6.42. The number of fused-ring (bicyclic) bond motifs is 6. The molecule has 2 aromatic heterocycles. The molecule has 0 radical (unpaired) electrons. The minimum Gasteiger partial charge on any atom is -0.455 e. The first-order valence-corrected chi connectivity index (χ1v) is 11.9. The fraction of sp³-hybridized carbons (Fsp3) is 0.0667. The molecule has 1 aliphatic rings. The molecular weight excluding hydrogens is 470 g/mol. The van der Waals surface area contributed by atoms with Gasteiger partial charge in [0.25, 0.3) is 0 Å². The molecular formula is C30H18BrNO. The van der Waals surface area contributed by atoms with E-state index in [1.165, 1.54) is 21.9 Å². The standard InChI is InChI=1S/C30H18BrNO/c31-26-14-7-13-25-24-12-6-11-21(29(24)33-30(25)26)19-16-17-23-22-10-4-5-15-27(22)32(28(23)18-19)20-8-2-1-3-9-20/h1-6,8-12,14-15,18H,7,13H2. The molecule has 0 saturated carbocycles. The first-order chi connectivity index (χ1) is 16.3. The summed E-state index contributed by atoms with van der Waals surface area (Å²) in [5.74, 6) is 0.951. The maximum Gasteiger partial charge on any atom is 0.145 e. The van der Waals surface area contributed by atoms with Crippen molar-refractivity contribution < 1.29 is 4.42 Å². The second-order valence-corrected chi connectivity index (χ2v) is 9.29. The molecule has 0 atom stereocenters. The van der Waals surface area contributed by atoms with Crippen LogP contribution in [0.5, 0.6) is 0 Å². The van der Waals surface area contributed by atoms with Crippen molar-refractivity contribution in [2.75, 3.05) is 0 Å². The van der Waals surface area contributed by atoms with Gasteiger partial charge in [-0.25, -0.2) is 0 Å². The second-order valence-electron chi connectivity index (χ2n) is 8.44. The number of allylic oxidation sites excluding steroid dienone is 1. The van der Waals surface area contributed by atoms with Gasteiger partial charge in [0.1, 0.15) is 11.3 Å². The Kier molecular flexibility index (Phi) is 4.06. The van der Waals surface area contributed by atoms with Gasteiger partial charge in [-0.1, -0.05) is 66.7 Å². The Labute approximate surface area is 199 Å². The van der Waals surface area contributed by atoms with Gasteiger partial charge in [0.15, 0.2) is 0 Å². The Morgan fingerprint density at radius 1 is 0.818 bits per heavy atom. The number of aryl methyl sites for hydroxylation is 1. The highest BCUT2D eigenvalue weighted by Crippen LogP contribution is 2.41. The molecule has 4 aromatic carbocycles. The highest BCUT2D eigenvalue weighted by Gasteiger charge is 2.22. The molecule has 0 amide bonds. The molecule has 33 heavy (non-hydrogen) atoms. The van der Waals surface area contributed by atoms with Gasteiger partial charge >= 0.3 is 0 Å². The summed E-state index contributed by atoms with van der Waals surface area (Å²) < 4.78 is 9.77. The van der Waals surface area contributed by atoms with E-state index in [9.17, 15) is 0 Å². The molecule has 0 unspecified atom stereocenters. The van der Waals surface area contributed by atoms with E-state index in [-0.39, 0.29) is 0 Å². The SMILES string of the molecule is BrC1=CCCc2c1oc1c(-c3c#cc4c5ccccc5n(-c5ccccc5)c4c3)cccc21. The molecule has 156 valence electrons. The first kappa shape index (κ1) is 18.8. The molecule has 2 heterocycles. The average Bonchev–Trinajstić information content (AvgIpc) is 3.41. The normalized spacial score (nSPS) is 13.3. The van der Waals surface area contributed by atoms with Gasteiger partial charge in [-0.05, 0) is 59.1 Å². The monoisotopic (exact) mass is 487 g/mol. The van der Waals surface area contributed by atoms with Crippen molar-refractivity contribution >= 4 is 53.2 Å². The zero-order valence-corrected chi connectivity index (χ0v) is 19.3. The predicted octanol–water partition coefficient (Wildman–Crippen LogP) is 8.48. The van der Waals surface area contributed by atoms with Crippen molar-refractivity contribution in [2.24, 2.45) is 0 Å². The minimum absolute atomic E-state index is 0.918. The zero-order valence-electron chi connectivity index (χ0n) is 17.7. The van der Waals surface area contributed by atoms with E-state index < -0.39 is 0 Å². The van der Waals surface area contributed by atoms with Crippen LogP contribution in [-0.2, 0) is 6.42 Å². The zero-order chi connectivity index (χ0) is 21.9. The van der Waals surface area contributed by atoms with E-state index in [0.717, 1.165) is 56.4 Å². The Morgan fingerprint density at radius 3 is 2.55 bits per heavy atom. The Morgan fingerprint density at radius 2 is 1.64 bits per heavy atom. The molecule has 0 saturated heterocycles. The van der Waals surface area contributed by atoms with Gasteiger partial charge in [-0.15, -0.1) is 0 Å². The van der Waals surface area contributed by atoms with Crippen LogP contribution >= 0.6 is 15.9 Å². The number of benzene rings is 3. The van der Waals surface area contributed by atoms with E-state index in [0.29, 0.717) is 0 Å². The summed E-state index contributed by atoms with van der Waals surface area (Å²) in [7, 11) is 0. The van der Waals surface area contributed by atoms with Crippen LogP contribution in [0.15, 0.2) is 89.4 Å². The molecule has 0 N–H and O–H groups in total. The summed E-state index contributed by atoms with van der Waals surface area (Å²) >= 11 is 3.68. The van der Waals surface area contributed by atoms with Crippen molar-refractivity contribution in [3.8, 4) is 16.8 Å². The lowest BCUT2D eigenvalue weighted by Crippen LogP contribution is -1.93. The third-order valence-corrected chi connectivity index (χ3v) is 7.26. The van der Waals surface area contributed by atoms with Gasteiger partial charge in [-0.3, -0.25) is 0 Å². The predicted molar refractivity (Wildman–Crippen MR) is 139 cm³/mol. The van der Waals surface area contributed by atoms with E-state index in [1.54, 1.807) is 0 Å². The molecule has 7 rings (SSSR count). The van der Waals surface area contributed by atoms with E-state index in [1.807, 2.05) is 0 Å². The molecule has 6 aromatic rings. The van der Waals surface area contributed by atoms with Gasteiger partial charge in [-0.2, -0.15) is 0 Å². The average molecular weight is 488 g/mol. The lowest BCUT2D eigenvalue weighted by Gasteiger charge is -2.08. The first-order valence-electron chi connectivity index (χ1n) is 11.1. The summed E-state index contributed by atoms with van der Waals surface area (Å²) in [6.45, 7) is 0. The van der Waals surface area contributed by atoms with Gasteiger partial charge < -0.3 is 8.98 Å².